The third-order valence-electron chi connectivity index (χ3n) is 19.1. The Balaban J connectivity index is 0.000000320. The van der Waals surface area contributed by atoms with Crippen molar-refractivity contribution in [2.24, 2.45) is 0 Å². The second kappa shape index (κ2) is 38.0. The van der Waals surface area contributed by atoms with Gasteiger partial charge in [0.15, 0.2) is 0 Å². The molecule has 0 spiro atoms. The van der Waals surface area contributed by atoms with Crippen molar-refractivity contribution in [2.75, 3.05) is 163 Å². The van der Waals surface area contributed by atoms with Gasteiger partial charge in [0.05, 0.1) is 64.9 Å². The van der Waals surface area contributed by atoms with E-state index in [1.807, 2.05) is 67.7 Å². The number of urea groups is 2. The standard InChI is InChI=1S/C28H35N3O2.C27H38N4O3.C22H27F3N4O2.5H2/c1-32-27-14-8-6-10-23(27)16-17-29-22-26(25-13-7-9-15-28(25)33-2)31-20-18-30(19-21-31)24-11-4-3-5-12-24;1-33-23-14-12-21(13-15-23)29-27(32)28-20-25(24-10-6-7-11-26(24)34-2)31-18-16-30(17-19-31)22-8-4-3-5-9-22;1-28-11-13-29(14-12-28)19(16-7-9-17(10-8-16)22(23,24)25)15-26-21(30)27-18-5-3-4-6-20(18)31-2;;;;;/h3-15,26,29H,16-22H2,1-2H3;6-7,10-15,22,25H,3-5,8-9,16-20H2,1-2H3,(H2,28,29,32);3-10,19H,11-15H2,1-2H3,(H2,26,27,30);5*1H. The average molecular weight is 1360 g/mol. The number of alkyl halides is 3. The predicted octanol–water partition coefficient (Wildman–Crippen LogP) is 14.0. The van der Waals surface area contributed by atoms with Crippen molar-refractivity contribution in [1.29, 1.82) is 0 Å². The van der Waals surface area contributed by atoms with Crippen molar-refractivity contribution in [3.05, 3.63) is 204 Å². The maximum atomic E-state index is 12.9. The lowest BCUT2D eigenvalue weighted by atomic mass is 9.93. The lowest BCUT2D eigenvalue weighted by molar-refractivity contribution is -0.137. The minimum absolute atomic E-state index is 0. The maximum Gasteiger partial charge on any atom is 0.416 e. The first-order valence-corrected chi connectivity index (χ1v) is 34.3. The SMILES string of the molecule is COc1ccc(NC(=O)NCC(c2ccccc2OC)N2CCN(C3CCCCC3)CC2)cc1.COc1ccccc1CCNCC(c1ccccc1OC)N1CCN(c2ccccc2)CC1.COc1ccccc1NC(=O)NCC(c1ccc(C(F)(F)F)cc1)N1CCN(C)CC1.[HH].[HH].[HH].[HH].[HH]. The van der Waals surface area contributed by atoms with Crippen LogP contribution in [-0.2, 0) is 12.6 Å². The van der Waals surface area contributed by atoms with Crippen LogP contribution in [0.1, 0.15) is 85.2 Å². The minimum Gasteiger partial charge on any atom is -0.497 e. The fourth-order valence-corrected chi connectivity index (χ4v) is 13.5. The molecule has 98 heavy (non-hydrogen) atoms. The molecule has 7 aromatic carbocycles. The van der Waals surface area contributed by atoms with E-state index < -0.39 is 17.8 Å². The molecule has 1 aliphatic carbocycles. The summed E-state index contributed by atoms with van der Waals surface area (Å²) in [5, 5.41) is 15.3. The van der Waals surface area contributed by atoms with Crippen LogP contribution >= 0.6 is 0 Å². The highest BCUT2D eigenvalue weighted by Crippen LogP contribution is 2.35. The predicted molar refractivity (Wildman–Crippen MR) is 395 cm³/mol. The molecule has 21 heteroatoms. The Kier molecular flexibility index (Phi) is 28.5. The number of hydrogen-bond acceptors (Lipinski definition) is 14. The van der Waals surface area contributed by atoms with Crippen molar-refractivity contribution in [2.45, 2.75) is 68.9 Å². The quantitative estimate of drug-likeness (QED) is 0.0364. The molecule has 3 heterocycles. The largest absolute Gasteiger partial charge is 0.497 e. The number of ether oxygens (including phenoxy) is 5. The molecule has 4 fully saturated rings. The molecule has 536 valence electrons. The number of methoxy groups -OCH3 is 5. The minimum atomic E-state index is -4.38. The van der Waals surface area contributed by atoms with Crippen LogP contribution < -0.4 is 55.2 Å². The summed E-state index contributed by atoms with van der Waals surface area (Å²) >= 11 is 0. The Labute approximate surface area is 585 Å². The Morgan fingerprint density at radius 3 is 1.56 bits per heavy atom. The molecule has 3 atom stereocenters. The smallest absolute Gasteiger partial charge is 0.416 e. The van der Waals surface area contributed by atoms with E-state index in [4.69, 9.17) is 23.7 Å². The van der Waals surface area contributed by atoms with Gasteiger partial charge in [-0.15, -0.1) is 0 Å². The van der Waals surface area contributed by atoms with Crippen molar-refractivity contribution in [3.8, 4) is 28.7 Å². The van der Waals surface area contributed by atoms with Gasteiger partial charge in [-0.25, -0.2) is 9.59 Å². The Hall–Kier alpha value is -8.57. The van der Waals surface area contributed by atoms with E-state index in [9.17, 15) is 22.8 Å². The third kappa shape index (κ3) is 21.5. The number of para-hydroxylation sites is 6. The summed E-state index contributed by atoms with van der Waals surface area (Å²) in [5.74, 6) is 4.07. The molecule has 5 N–H and O–H groups in total. The molecular formula is C77H110F3N11O7. The van der Waals surface area contributed by atoms with Crippen LogP contribution in [0.15, 0.2) is 176 Å². The van der Waals surface area contributed by atoms with Crippen molar-refractivity contribution < 1.29 is 53.6 Å². The molecular weight excluding hydrogens is 1250 g/mol. The van der Waals surface area contributed by atoms with Crippen LogP contribution in [0.3, 0.4) is 0 Å². The highest BCUT2D eigenvalue weighted by molar-refractivity contribution is 5.91. The number of hydrogen-bond donors (Lipinski definition) is 5. The number of amides is 4. The van der Waals surface area contributed by atoms with Crippen molar-refractivity contribution >= 4 is 29.1 Å². The molecule has 0 radical (unpaired) electrons. The molecule has 3 unspecified atom stereocenters. The average Bonchev–Trinajstić information content (AvgIpc) is 0.823. The summed E-state index contributed by atoms with van der Waals surface area (Å²) in [6.45, 7) is 14.0. The monoisotopic (exact) mass is 1360 g/mol. The fraction of sp³-hybridized carbons (Fsp3) is 0.429. The normalized spacial score (nSPS) is 16.9. The van der Waals surface area contributed by atoms with Gasteiger partial charge in [-0.3, -0.25) is 19.6 Å². The summed E-state index contributed by atoms with van der Waals surface area (Å²) in [6.07, 6.45) is 3.34. The van der Waals surface area contributed by atoms with Crippen LogP contribution in [0.5, 0.6) is 28.7 Å². The summed E-state index contributed by atoms with van der Waals surface area (Å²) in [6, 6.07) is 55.3. The van der Waals surface area contributed by atoms with Gasteiger partial charge >= 0.3 is 18.2 Å². The fourth-order valence-electron chi connectivity index (χ4n) is 13.5. The molecule has 1 saturated carbocycles. The molecule has 7 aromatic rings. The van der Waals surface area contributed by atoms with Gasteiger partial charge in [-0.2, -0.15) is 13.2 Å². The summed E-state index contributed by atoms with van der Waals surface area (Å²) in [7, 11) is 10.4. The molecule has 18 nitrogen and oxygen atoms in total. The number of nitrogens with zero attached hydrogens (tertiary/aromatic N) is 6. The molecule has 4 aliphatic rings. The van der Waals surface area contributed by atoms with E-state index in [-0.39, 0.29) is 37.8 Å². The summed E-state index contributed by atoms with van der Waals surface area (Å²) in [4.78, 5) is 39.8. The zero-order valence-electron chi connectivity index (χ0n) is 57.8. The molecule has 0 bridgehead atoms. The maximum absolute atomic E-state index is 12.9. The second-order valence-electron chi connectivity index (χ2n) is 25.1. The van der Waals surface area contributed by atoms with Gasteiger partial charge in [0.1, 0.15) is 28.7 Å². The number of likely N-dealkylation sites (N-methyl/N-ethyl adjacent to an activating group) is 1. The van der Waals surface area contributed by atoms with E-state index in [0.717, 1.165) is 156 Å². The number of rotatable bonds is 24. The number of benzene rings is 7. The number of halogens is 3. The highest BCUT2D eigenvalue weighted by atomic mass is 19.4. The third-order valence-corrected chi connectivity index (χ3v) is 19.1. The lowest BCUT2D eigenvalue weighted by Gasteiger charge is -2.43. The van der Waals surface area contributed by atoms with Crippen LogP contribution in [0.4, 0.5) is 39.8 Å². The first kappa shape index (κ1) is 73.7. The van der Waals surface area contributed by atoms with E-state index in [1.54, 1.807) is 52.7 Å². The number of carbonyl (C=O) groups excluding carboxylic acids is 2. The summed E-state index contributed by atoms with van der Waals surface area (Å²) < 4.78 is 66.2. The first-order valence-electron chi connectivity index (χ1n) is 34.3. The summed E-state index contributed by atoms with van der Waals surface area (Å²) in [5.41, 5.74) is 6.21. The molecule has 11 rings (SSSR count). The van der Waals surface area contributed by atoms with E-state index in [0.29, 0.717) is 18.0 Å². The van der Waals surface area contributed by atoms with Gasteiger partial charge in [0, 0.05) is 134 Å². The van der Waals surface area contributed by atoms with Gasteiger partial charge in [0.25, 0.3) is 0 Å². The molecule has 0 aromatic heterocycles. The van der Waals surface area contributed by atoms with E-state index in [1.165, 1.54) is 68.2 Å². The Bertz CT molecular complexity index is 3520. The van der Waals surface area contributed by atoms with E-state index in [2.05, 4.69) is 123 Å². The molecule has 3 aliphatic heterocycles. The van der Waals surface area contributed by atoms with Gasteiger partial charge in [0.2, 0.25) is 0 Å². The zero-order chi connectivity index (χ0) is 69.1. The van der Waals surface area contributed by atoms with Crippen LogP contribution in [0.25, 0.3) is 0 Å². The number of piperazine rings is 3. The second-order valence-corrected chi connectivity index (χ2v) is 25.1. The number of carbonyl (C=O) groups is 2. The number of anilines is 3. The Morgan fingerprint density at radius 1 is 0.490 bits per heavy atom. The van der Waals surface area contributed by atoms with Gasteiger partial charge < -0.3 is 60.1 Å². The van der Waals surface area contributed by atoms with Crippen LogP contribution in [0, 0.1) is 0 Å². The first-order chi connectivity index (χ1) is 47.7. The Morgan fingerprint density at radius 2 is 0.980 bits per heavy atom. The number of nitrogens with one attached hydrogen (secondary N) is 5. The van der Waals surface area contributed by atoms with Gasteiger partial charge in [-0.1, -0.05) is 116 Å². The lowest BCUT2D eigenvalue weighted by Crippen LogP contribution is -2.53. The van der Waals surface area contributed by atoms with E-state index >= 15 is 0 Å². The van der Waals surface area contributed by atoms with Crippen LogP contribution in [-0.4, -0.2) is 190 Å². The van der Waals surface area contributed by atoms with Crippen molar-refractivity contribution in [3.63, 3.8) is 0 Å². The van der Waals surface area contributed by atoms with Gasteiger partial charge in [-0.05, 0) is 123 Å². The van der Waals surface area contributed by atoms with Crippen LogP contribution in [0.2, 0.25) is 0 Å². The topological polar surface area (TPSA) is 160 Å². The zero-order valence-corrected chi connectivity index (χ0v) is 57.8. The van der Waals surface area contributed by atoms with Crippen molar-refractivity contribution in [1.82, 2.24) is 40.4 Å². The molecule has 4 amide bonds. The highest BCUT2D eigenvalue weighted by Gasteiger charge is 2.34. The molecule has 3 saturated heterocycles.